The fourth-order valence-electron chi connectivity index (χ4n) is 1.58. The highest BCUT2D eigenvalue weighted by Gasteiger charge is 2.14. The SMILES string of the molecule is CNc1cc([N+](=O)[O-])cc(-c2ccc(F)cc2Cl)n1. The summed E-state index contributed by atoms with van der Waals surface area (Å²) in [6.07, 6.45) is 0. The first-order valence-electron chi connectivity index (χ1n) is 5.31. The first-order chi connectivity index (χ1) is 9.01. The zero-order valence-electron chi connectivity index (χ0n) is 9.85. The van der Waals surface area contributed by atoms with Gasteiger partial charge in [-0.3, -0.25) is 10.1 Å². The number of anilines is 1. The predicted octanol–water partition coefficient (Wildman–Crippen LogP) is 3.49. The molecule has 1 aromatic heterocycles. The Bertz CT molecular complexity index is 649. The molecule has 1 heterocycles. The molecule has 0 radical (unpaired) electrons. The van der Waals surface area contributed by atoms with E-state index in [1.165, 1.54) is 24.3 Å². The number of nitrogens with one attached hydrogen (secondary N) is 1. The summed E-state index contributed by atoms with van der Waals surface area (Å²) in [5.74, 6) is -0.141. The summed E-state index contributed by atoms with van der Waals surface area (Å²) >= 11 is 5.92. The molecular formula is C12H9ClFN3O2. The number of benzene rings is 1. The molecule has 0 aliphatic carbocycles. The van der Waals surface area contributed by atoms with Crippen molar-refractivity contribution in [3.05, 3.63) is 51.3 Å². The molecule has 0 amide bonds. The molecule has 7 heteroatoms. The van der Waals surface area contributed by atoms with Crippen molar-refractivity contribution >= 4 is 23.1 Å². The lowest BCUT2D eigenvalue weighted by Crippen LogP contribution is -1.98. The normalized spacial score (nSPS) is 10.3. The number of pyridine rings is 1. The van der Waals surface area contributed by atoms with Crippen LogP contribution in [0.4, 0.5) is 15.9 Å². The predicted molar refractivity (Wildman–Crippen MR) is 70.8 cm³/mol. The van der Waals surface area contributed by atoms with Crippen molar-refractivity contribution in [1.82, 2.24) is 4.98 Å². The smallest absolute Gasteiger partial charge is 0.275 e. The van der Waals surface area contributed by atoms with Crippen molar-refractivity contribution in [2.75, 3.05) is 12.4 Å². The van der Waals surface area contributed by atoms with Crippen LogP contribution in [0.5, 0.6) is 0 Å². The van der Waals surface area contributed by atoms with Crippen molar-refractivity contribution in [1.29, 1.82) is 0 Å². The molecule has 0 bridgehead atoms. The molecule has 0 aliphatic heterocycles. The van der Waals surface area contributed by atoms with E-state index in [4.69, 9.17) is 11.6 Å². The molecule has 0 unspecified atom stereocenters. The Labute approximate surface area is 113 Å². The van der Waals surface area contributed by atoms with Gasteiger partial charge in [-0.05, 0) is 18.2 Å². The Kier molecular flexibility index (Phi) is 3.62. The van der Waals surface area contributed by atoms with Crippen LogP contribution in [0.2, 0.25) is 5.02 Å². The molecule has 1 N–H and O–H groups in total. The van der Waals surface area contributed by atoms with E-state index < -0.39 is 10.7 Å². The summed E-state index contributed by atoms with van der Waals surface area (Å²) in [5, 5.41) is 13.7. The maximum absolute atomic E-state index is 13.0. The Morgan fingerprint density at radius 2 is 2.11 bits per heavy atom. The van der Waals surface area contributed by atoms with Gasteiger partial charge in [0.05, 0.1) is 21.7 Å². The van der Waals surface area contributed by atoms with Gasteiger partial charge in [0.1, 0.15) is 11.6 Å². The molecule has 1 aromatic carbocycles. The summed E-state index contributed by atoms with van der Waals surface area (Å²) < 4.78 is 13.0. The minimum Gasteiger partial charge on any atom is -0.373 e. The van der Waals surface area contributed by atoms with E-state index in [9.17, 15) is 14.5 Å². The van der Waals surface area contributed by atoms with E-state index in [0.717, 1.165) is 6.07 Å². The van der Waals surface area contributed by atoms with Crippen molar-refractivity contribution in [2.45, 2.75) is 0 Å². The van der Waals surface area contributed by atoms with Gasteiger partial charge in [0.15, 0.2) is 0 Å². The first kappa shape index (κ1) is 13.2. The van der Waals surface area contributed by atoms with Crippen LogP contribution in [0.3, 0.4) is 0 Å². The standard InChI is InChI=1S/C12H9ClFN3O2/c1-15-12-6-8(17(18)19)5-11(16-12)9-3-2-7(14)4-10(9)13/h2-6H,1H3,(H,15,16). The summed E-state index contributed by atoms with van der Waals surface area (Å²) in [6, 6.07) is 6.39. The molecule has 0 fully saturated rings. The van der Waals surface area contributed by atoms with Crippen LogP contribution < -0.4 is 5.32 Å². The van der Waals surface area contributed by atoms with Gasteiger partial charge in [0, 0.05) is 18.7 Å². The molecular weight excluding hydrogens is 273 g/mol. The lowest BCUT2D eigenvalue weighted by atomic mass is 10.1. The highest BCUT2D eigenvalue weighted by Crippen LogP contribution is 2.30. The molecule has 19 heavy (non-hydrogen) atoms. The number of halogens is 2. The summed E-state index contributed by atoms with van der Waals surface area (Å²) in [7, 11) is 1.60. The maximum atomic E-state index is 13.0. The van der Waals surface area contributed by atoms with E-state index in [2.05, 4.69) is 10.3 Å². The third-order valence-corrected chi connectivity index (χ3v) is 2.80. The largest absolute Gasteiger partial charge is 0.373 e. The second-order valence-electron chi connectivity index (χ2n) is 3.73. The van der Waals surface area contributed by atoms with Crippen molar-refractivity contribution in [3.63, 3.8) is 0 Å². The van der Waals surface area contributed by atoms with Crippen LogP contribution in [-0.2, 0) is 0 Å². The highest BCUT2D eigenvalue weighted by atomic mass is 35.5. The van der Waals surface area contributed by atoms with Crippen LogP contribution in [0, 0.1) is 15.9 Å². The van der Waals surface area contributed by atoms with Crippen molar-refractivity contribution in [3.8, 4) is 11.3 Å². The van der Waals surface area contributed by atoms with Gasteiger partial charge in [0.25, 0.3) is 5.69 Å². The lowest BCUT2D eigenvalue weighted by Gasteiger charge is -2.06. The van der Waals surface area contributed by atoms with E-state index in [-0.39, 0.29) is 10.7 Å². The minimum atomic E-state index is -0.524. The quantitative estimate of drug-likeness (QED) is 0.691. The highest BCUT2D eigenvalue weighted by molar-refractivity contribution is 6.33. The van der Waals surface area contributed by atoms with E-state index >= 15 is 0 Å². The summed E-state index contributed by atoms with van der Waals surface area (Å²) in [5.41, 5.74) is 0.626. The Morgan fingerprint density at radius 3 is 2.68 bits per heavy atom. The van der Waals surface area contributed by atoms with E-state index in [0.29, 0.717) is 17.1 Å². The van der Waals surface area contributed by atoms with Gasteiger partial charge in [-0.2, -0.15) is 0 Å². The average Bonchev–Trinajstić information content (AvgIpc) is 2.38. The first-order valence-corrected chi connectivity index (χ1v) is 5.68. The second kappa shape index (κ2) is 5.19. The fraction of sp³-hybridized carbons (Fsp3) is 0.0833. The Balaban J connectivity index is 2.60. The number of rotatable bonds is 3. The molecule has 2 aromatic rings. The van der Waals surface area contributed by atoms with Gasteiger partial charge < -0.3 is 5.32 Å². The third-order valence-electron chi connectivity index (χ3n) is 2.48. The maximum Gasteiger partial charge on any atom is 0.275 e. The molecule has 5 nitrogen and oxygen atoms in total. The van der Waals surface area contributed by atoms with Crippen LogP contribution in [0.15, 0.2) is 30.3 Å². The molecule has 0 saturated heterocycles. The van der Waals surface area contributed by atoms with E-state index in [1.54, 1.807) is 7.05 Å². The molecule has 0 atom stereocenters. The number of hydrogen-bond donors (Lipinski definition) is 1. The van der Waals surface area contributed by atoms with E-state index in [1.807, 2.05) is 0 Å². The third kappa shape index (κ3) is 2.79. The lowest BCUT2D eigenvalue weighted by molar-refractivity contribution is -0.384. The van der Waals surface area contributed by atoms with Crippen LogP contribution in [0.25, 0.3) is 11.3 Å². The number of nitrogens with zero attached hydrogens (tertiary/aromatic N) is 2. The molecule has 0 spiro atoms. The van der Waals surface area contributed by atoms with Gasteiger partial charge in [-0.1, -0.05) is 11.6 Å². The van der Waals surface area contributed by atoms with Crippen molar-refractivity contribution < 1.29 is 9.31 Å². The monoisotopic (exact) mass is 281 g/mol. The van der Waals surface area contributed by atoms with Gasteiger partial charge in [-0.25, -0.2) is 9.37 Å². The molecule has 0 aliphatic rings. The number of aromatic nitrogens is 1. The van der Waals surface area contributed by atoms with Crippen LogP contribution >= 0.6 is 11.6 Å². The molecule has 2 rings (SSSR count). The van der Waals surface area contributed by atoms with Crippen molar-refractivity contribution in [2.24, 2.45) is 0 Å². The van der Waals surface area contributed by atoms with Crippen LogP contribution in [-0.4, -0.2) is 17.0 Å². The number of hydrogen-bond acceptors (Lipinski definition) is 4. The average molecular weight is 282 g/mol. The van der Waals surface area contributed by atoms with Crippen LogP contribution in [0.1, 0.15) is 0 Å². The summed E-state index contributed by atoms with van der Waals surface area (Å²) in [6.45, 7) is 0. The topological polar surface area (TPSA) is 68.1 Å². The minimum absolute atomic E-state index is 0.116. The zero-order chi connectivity index (χ0) is 14.0. The Hall–Kier alpha value is -2.21. The van der Waals surface area contributed by atoms with Gasteiger partial charge in [0.2, 0.25) is 0 Å². The Morgan fingerprint density at radius 1 is 1.37 bits per heavy atom. The zero-order valence-corrected chi connectivity index (χ0v) is 10.6. The number of nitro groups is 1. The van der Waals surface area contributed by atoms with Gasteiger partial charge >= 0.3 is 0 Å². The molecule has 0 saturated carbocycles. The fourth-order valence-corrected chi connectivity index (χ4v) is 1.85. The molecule has 98 valence electrons. The summed E-state index contributed by atoms with van der Waals surface area (Å²) in [4.78, 5) is 14.5. The second-order valence-corrected chi connectivity index (χ2v) is 4.13. The van der Waals surface area contributed by atoms with Gasteiger partial charge in [-0.15, -0.1) is 0 Å².